The Morgan fingerprint density at radius 3 is 2.43 bits per heavy atom. The molecule has 194 valence electrons. The van der Waals surface area contributed by atoms with Crippen molar-refractivity contribution < 1.29 is 28.5 Å². The molecule has 0 saturated carbocycles. The molecule has 2 atom stereocenters. The zero-order valence-electron chi connectivity index (χ0n) is 22.2. The molecular formula is C28H41NO6. The molecule has 0 spiro atoms. The monoisotopic (exact) mass is 487 g/mol. The number of ether oxygens (including phenoxy) is 4. The van der Waals surface area contributed by atoms with E-state index in [4.69, 9.17) is 18.9 Å². The molecule has 2 unspecified atom stereocenters. The van der Waals surface area contributed by atoms with Gasteiger partial charge in [0.05, 0.1) is 13.2 Å². The topological polar surface area (TPSA) is 83.1 Å². The largest absolute Gasteiger partial charge is 0.491 e. The molecule has 0 fully saturated rings. The first-order valence-corrected chi connectivity index (χ1v) is 12.3. The van der Waals surface area contributed by atoms with Gasteiger partial charge in [0.1, 0.15) is 24.0 Å². The fourth-order valence-corrected chi connectivity index (χ4v) is 3.88. The van der Waals surface area contributed by atoms with E-state index in [0.29, 0.717) is 19.6 Å². The van der Waals surface area contributed by atoms with E-state index in [1.807, 2.05) is 12.1 Å². The minimum atomic E-state index is -0.786. The van der Waals surface area contributed by atoms with Gasteiger partial charge in [-0.15, -0.1) is 0 Å². The molecule has 7 nitrogen and oxygen atoms in total. The van der Waals surface area contributed by atoms with Crippen molar-refractivity contribution in [1.82, 2.24) is 5.32 Å². The van der Waals surface area contributed by atoms with E-state index in [2.05, 4.69) is 43.4 Å². The second-order valence-corrected chi connectivity index (χ2v) is 10.0. The van der Waals surface area contributed by atoms with Gasteiger partial charge in [-0.05, 0) is 75.5 Å². The van der Waals surface area contributed by atoms with Crippen molar-refractivity contribution in [2.75, 3.05) is 26.9 Å². The predicted octanol–water partition coefficient (Wildman–Crippen LogP) is 5.53. The maximum atomic E-state index is 12.7. The van der Waals surface area contributed by atoms with Gasteiger partial charge in [0.25, 0.3) is 0 Å². The summed E-state index contributed by atoms with van der Waals surface area (Å²) >= 11 is 0. The lowest BCUT2D eigenvalue weighted by Gasteiger charge is -2.27. The smallest absolute Gasteiger partial charge is 0.408 e. The molecule has 2 aromatic rings. The molecule has 0 radical (unpaired) electrons. The standard InChI is InChI=1S/C28H41NO6/c1-8-33-26(30)24(29-27(31)35-28(4,5)6)18-22(19(2)3)16-20-12-13-21-10-9-11-25(23(21)17-20)34-15-14-32-7/h9-13,17,19,22,24H,8,14-16,18H2,1-7H3,(H,29,31). The minimum absolute atomic E-state index is 0.123. The number of amides is 1. The lowest BCUT2D eigenvalue weighted by Crippen LogP contribution is -2.45. The maximum Gasteiger partial charge on any atom is 0.408 e. The van der Waals surface area contributed by atoms with E-state index in [9.17, 15) is 9.59 Å². The molecule has 1 N–H and O–H groups in total. The molecule has 0 saturated heterocycles. The van der Waals surface area contributed by atoms with Crippen molar-refractivity contribution in [3.63, 3.8) is 0 Å². The van der Waals surface area contributed by atoms with Gasteiger partial charge in [0, 0.05) is 12.5 Å². The van der Waals surface area contributed by atoms with Crippen LogP contribution >= 0.6 is 0 Å². The number of benzene rings is 2. The first-order valence-electron chi connectivity index (χ1n) is 12.3. The van der Waals surface area contributed by atoms with Crippen molar-refractivity contribution in [1.29, 1.82) is 0 Å². The molecule has 1 amide bonds. The SMILES string of the molecule is CCOC(=O)C(CC(Cc1ccc2cccc(OCCOC)c2c1)C(C)C)NC(=O)OC(C)(C)C. The Morgan fingerprint density at radius 1 is 1.06 bits per heavy atom. The number of methoxy groups -OCH3 is 1. The van der Waals surface area contributed by atoms with Gasteiger partial charge in [-0.2, -0.15) is 0 Å². The maximum absolute atomic E-state index is 12.7. The Morgan fingerprint density at radius 2 is 1.80 bits per heavy atom. The summed E-state index contributed by atoms with van der Waals surface area (Å²) in [6, 6.07) is 11.6. The van der Waals surface area contributed by atoms with Gasteiger partial charge in [-0.1, -0.05) is 38.1 Å². The average Bonchev–Trinajstić information content (AvgIpc) is 2.77. The Balaban J connectivity index is 2.24. The van der Waals surface area contributed by atoms with E-state index in [-0.39, 0.29) is 18.4 Å². The van der Waals surface area contributed by atoms with Crippen LogP contribution < -0.4 is 10.1 Å². The van der Waals surface area contributed by atoms with Crippen molar-refractivity contribution in [3.05, 3.63) is 42.0 Å². The number of esters is 1. The number of nitrogens with one attached hydrogen (secondary N) is 1. The predicted molar refractivity (Wildman–Crippen MR) is 138 cm³/mol. The number of alkyl carbamates (subject to hydrolysis) is 1. The van der Waals surface area contributed by atoms with Crippen LogP contribution in [0.4, 0.5) is 4.79 Å². The lowest BCUT2D eigenvalue weighted by atomic mass is 9.83. The van der Waals surface area contributed by atoms with Gasteiger partial charge >= 0.3 is 12.1 Å². The van der Waals surface area contributed by atoms with E-state index < -0.39 is 23.7 Å². The highest BCUT2D eigenvalue weighted by atomic mass is 16.6. The molecule has 7 heteroatoms. The highest BCUT2D eigenvalue weighted by Gasteiger charge is 2.29. The van der Waals surface area contributed by atoms with Crippen LogP contribution in [0, 0.1) is 11.8 Å². The fraction of sp³-hybridized carbons (Fsp3) is 0.571. The Labute approximate surface area is 209 Å². The third-order valence-electron chi connectivity index (χ3n) is 5.69. The van der Waals surface area contributed by atoms with Crippen LogP contribution in [0.15, 0.2) is 36.4 Å². The first kappa shape index (κ1) is 28.4. The van der Waals surface area contributed by atoms with Crippen LogP contribution in [-0.4, -0.2) is 50.6 Å². The van der Waals surface area contributed by atoms with Gasteiger partial charge in [0.2, 0.25) is 0 Å². The Bertz CT molecular complexity index is 966. The lowest BCUT2D eigenvalue weighted by molar-refractivity contribution is -0.146. The van der Waals surface area contributed by atoms with Gasteiger partial charge in [0.15, 0.2) is 0 Å². The summed E-state index contributed by atoms with van der Waals surface area (Å²) in [5.41, 5.74) is 0.480. The second kappa shape index (κ2) is 13.3. The van der Waals surface area contributed by atoms with E-state index in [1.165, 1.54) is 0 Å². The summed E-state index contributed by atoms with van der Waals surface area (Å²) in [6.07, 6.45) is 0.563. The van der Waals surface area contributed by atoms with Gasteiger partial charge in [-0.3, -0.25) is 0 Å². The third kappa shape index (κ3) is 9.40. The van der Waals surface area contributed by atoms with Gasteiger partial charge < -0.3 is 24.3 Å². The van der Waals surface area contributed by atoms with Crippen LogP contribution in [0.2, 0.25) is 0 Å². The summed E-state index contributed by atoms with van der Waals surface area (Å²) in [5.74, 6) is 0.768. The number of hydrogen-bond donors (Lipinski definition) is 1. The highest BCUT2D eigenvalue weighted by Crippen LogP contribution is 2.30. The third-order valence-corrected chi connectivity index (χ3v) is 5.69. The summed E-state index contributed by atoms with van der Waals surface area (Å²) in [7, 11) is 1.65. The van der Waals surface area contributed by atoms with Crippen LogP contribution in [-0.2, 0) is 25.4 Å². The number of rotatable bonds is 12. The van der Waals surface area contributed by atoms with Crippen LogP contribution in [0.5, 0.6) is 5.75 Å². The summed E-state index contributed by atoms with van der Waals surface area (Å²) in [5, 5.41) is 4.87. The van der Waals surface area contributed by atoms with Crippen LogP contribution in [0.1, 0.15) is 53.5 Å². The fourth-order valence-electron chi connectivity index (χ4n) is 3.88. The Hall–Kier alpha value is -2.80. The van der Waals surface area contributed by atoms with Crippen molar-refractivity contribution in [3.8, 4) is 5.75 Å². The number of fused-ring (bicyclic) bond motifs is 1. The summed E-state index contributed by atoms with van der Waals surface area (Å²) in [6.45, 7) is 12.6. The first-order chi connectivity index (χ1) is 16.5. The molecule has 0 aliphatic heterocycles. The molecule has 2 aromatic carbocycles. The molecule has 0 heterocycles. The molecular weight excluding hydrogens is 446 g/mol. The summed E-state index contributed by atoms with van der Waals surface area (Å²) in [4.78, 5) is 25.1. The zero-order valence-corrected chi connectivity index (χ0v) is 22.2. The molecule has 0 aromatic heterocycles. The summed E-state index contributed by atoms with van der Waals surface area (Å²) < 4.78 is 21.7. The zero-order chi connectivity index (χ0) is 26.0. The number of carbonyl (C=O) groups is 2. The van der Waals surface area contributed by atoms with Crippen molar-refractivity contribution in [2.24, 2.45) is 11.8 Å². The van der Waals surface area contributed by atoms with E-state index >= 15 is 0 Å². The van der Waals surface area contributed by atoms with Crippen LogP contribution in [0.3, 0.4) is 0 Å². The molecule has 0 bridgehead atoms. The quantitative estimate of drug-likeness (QED) is 0.313. The van der Waals surface area contributed by atoms with Crippen LogP contribution in [0.25, 0.3) is 10.8 Å². The molecule has 2 rings (SSSR count). The van der Waals surface area contributed by atoms with E-state index in [1.54, 1.807) is 34.8 Å². The average molecular weight is 488 g/mol. The van der Waals surface area contributed by atoms with Crippen molar-refractivity contribution in [2.45, 2.75) is 66.0 Å². The molecule has 0 aliphatic rings. The molecule has 35 heavy (non-hydrogen) atoms. The minimum Gasteiger partial charge on any atom is -0.491 e. The Kier molecular flexibility index (Phi) is 10.8. The van der Waals surface area contributed by atoms with Crippen molar-refractivity contribution >= 4 is 22.8 Å². The number of carbonyl (C=O) groups excluding carboxylic acids is 2. The van der Waals surface area contributed by atoms with E-state index in [0.717, 1.165) is 28.5 Å². The second-order valence-electron chi connectivity index (χ2n) is 10.0. The molecule has 0 aliphatic carbocycles. The van der Waals surface area contributed by atoms with Gasteiger partial charge in [-0.25, -0.2) is 9.59 Å². The highest BCUT2D eigenvalue weighted by molar-refractivity contribution is 5.89. The number of hydrogen-bond acceptors (Lipinski definition) is 6. The normalized spacial score (nSPS) is 13.4.